The van der Waals surface area contributed by atoms with Crippen molar-refractivity contribution in [3.05, 3.63) is 35.7 Å². The molecule has 0 spiro atoms. The molecule has 0 atom stereocenters. The topological polar surface area (TPSA) is 64.9 Å². The van der Waals surface area contributed by atoms with Crippen LogP contribution in [0.5, 0.6) is 0 Å². The summed E-state index contributed by atoms with van der Waals surface area (Å²) < 4.78 is 5.29. The van der Waals surface area contributed by atoms with Crippen molar-refractivity contribution in [3.63, 3.8) is 0 Å². The van der Waals surface area contributed by atoms with Gasteiger partial charge in [0.2, 0.25) is 11.8 Å². The molecule has 1 aromatic carbocycles. The second-order valence-corrected chi connectivity index (χ2v) is 3.03. The number of benzene rings is 1. The van der Waals surface area contributed by atoms with Gasteiger partial charge in [0, 0.05) is 19.0 Å². The van der Waals surface area contributed by atoms with E-state index in [0.717, 1.165) is 11.1 Å². The summed E-state index contributed by atoms with van der Waals surface area (Å²) in [5.41, 5.74) is 7.50. The molecular weight excluding hydrogens is 214 g/mol. The number of aryl methyl sites for hydroxylation is 1. The van der Waals surface area contributed by atoms with Crippen LogP contribution in [0, 0.1) is 6.92 Å². The largest absolute Gasteiger partial charge is 0.421 e. The van der Waals surface area contributed by atoms with Gasteiger partial charge in [-0.15, -0.1) is 22.6 Å². The summed E-state index contributed by atoms with van der Waals surface area (Å²) in [5.74, 6) is 1.12. The zero-order chi connectivity index (χ0) is 9.97. The molecule has 15 heavy (non-hydrogen) atoms. The quantitative estimate of drug-likeness (QED) is 0.848. The first kappa shape index (κ1) is 11.7. The molecule has 0 aliphatic rings. The summed E-state index contributed by atoms with van der Waals surface area (Å²) in [5, 5.41) is 7.69. The van der Waals surface area contributed by atoms with Crippen LogP contribution in [0.2, 0.25) is 0 Å². The van der Waals surface area contributed by atoms with Crippen LogP contribution in [0.3, 0.4) is 0 Å². The highest BCUT2D eigenvalue weighted by Gasteiger charge is 2.04. The third-order valence-electron chi connectivity index (χ3n) is 1.96. The van der Waals surface area contributed by atoms with Crippen LogP contribution in [0.4, 0.5) is 0 Å². The first-order chi connectivity index (χ1) is 6.79. The van der Waals surface area contributed by atoms with Gasteiger partial charge >= 0.3 is 0 Å². The van der Waals surface area contributed by atoms with Gasteiger partial charge in [0.25, 0.3) is 0 Å². The van der Waals surface area contributed by atoms with E-state index in [-0.39, 0.29) is 12.4 Å². The summed E-state index contributed by atoms with van der Waals surface area (Å²) in [6, 6.07) is 7.76. The third kappa shape index (κ3) is 2.55. The second-order valence-electron chi connectivity index (χ2n) is 3.03. The number of hydrogen-bond donors (Lipinski definition) is 1. The molecule has 4 nitrogen and oxygen atoms in total. The van der Waals surface area contributed by atoms with Crippen molar-refractivity contribution in [2.24, 2.45) is 5.73 Å². The predicted octanol–water partition coefficient (Wildman–Crippen LogP) is 1.93. The SMILES string of the molecule is Cc1nnc(-c2ccc(CN)cc2)o1.Cl. The Kier molecular flexibility index (Phi) is 3.82. The van der Waals surface area contributed by atoms with E-state index in [1.165, 1.54) is 0 Å². The monoisotopic (exact) mass is 225 g/mol. The van der Waals surface area contributed by atoms with E-state index in [4.69, 9.17) is 10.2 Å². The molecule has 0 amide bonds. The van der Waals surface area contributed by atoms with Gasteiger partial charge < -0.3 is 10.2 Å². The molecule has 0 aliphatic heterocycles. The Morgan fingerprint density at radius 1 is 1.20 bits per heavy atom. The van der Waals surface area contributed by atoms with Gasteiger partial charge in [-0.05, 0) is 17.7 Å². The van der Waals surface area contributed by atoms with Crippen molar-refractivity contribution in [2.75, 3.05) is 0 Å². The first-order valence-electron chi connectivity index (χ1n) is 4.39. The van der Waals surface area contributed by atoms with Crippen molar-refractivity contribution in [1.82, 2.24) is 10.2 Å². The number of nitrogens with two attached hydrogens (primary N) is 1. The van der Waals surface area contributed by atoms with E-state index in [1.54, 1.807) is 6.92 Å². The number of aromatic nitrogens is 2. The lowest BCUT2D eigenvalue weighted by Crippen LogP contribution is -1.95. The summed E-state index contributed by atoms with van der Waals surface area (Å²) in [6.45, 7) is 2.31. The van der Waals surface area contributed by atoms with Crippen molar-refractivity contribution in [2.45, 2.75) is 13.5 Å². The lowest BCUT2D eigenvalue weighted by Gasteiger charge is -1.97. The van der Waals surface area contributed by atoms with Gasteiger partial charge in [-0.1, -0.05) is 12.1 Å². The fourth-order valence-electron chi connectivity index (χ4n) is 1.20. The smallest absolute Gasteiger partial charge is 0.247 e. The molecule has 0 fully saturated rings. The molecule has 2 aromatic rings. The second kappa shape index (κ2) is 4.91. The Morgan fingerprint density at radius 3 is 2.33 bits per heavy atom. The van der Waals surface area contributed by atoms with Gasteiger partial charge in [-0.25, -0.2) is 0 Å². The molecule has 0 unspecified atom stereocenters. The predicted molar refractivity (Wildman–Crippen MR) is 59.6 cm³/mol. The van der Waals surface area contributed by atoms with Crippen LogP contribution in [-0.2, 0) is 6.54 Å². The Labute approximate surface area is 93.9 Å². The molecule has 0 aliphatic carbocycles. The maximum atomic E-state index is 5.49. The Balaban J connectivity index is 0.00000112. The number of halogens is 1. The Bertz CT molecular complexity index is 424. The van der Waals surface area contributed by atoms with Gasteiger partial charge in [-0.2, -0.15) is 0 Å². The molecular formula is C10H12ClN3O. The maximum absolute atomic E-state index is 5.49. The Morgan fingerprint density at radius 2 is 1.87 bits per heavy atom. The average Bonchev–Trinajstić information content (AvgIpc) is 2.65. The standard InChI is InChI=1S/C10H11N3O.ClH/c1-7-12-13-10(14-7)9-4-2-8(6-11)3-5-9;/h2-5H,6,11H2,1H3;1H. The molecule has 0 radical (unpaired) electrons. The molecule has 5 heteroatoms. The molecule has 2 rings (SSSR count). The van der Waals surface area contributed by atoms with Crippen LogP contribution >= 0.6 is 12.4 Å². The van der Waals surface area contributed by atoms with Crippen LogP contribution < -0.4 is 5.73 Å². The highest BCUT2D eigenvalue weighted by atomic mass is 35.5. The Hall–Kier alpha value is -1.39. The summed E-state index contributed by atoms with van der Waals surface area (Å²) in [7, 11) is 0. The minimum Gasteiger partial charge on any atom is -0.421 e. The molecule has 0 saturated heterocycles. The zero-order valence-electron chi connectivity index (χ0n) is 8.30. The fourth-order valence-corrected chi connectivity index (χ4v) is 1.20. The molecule has 0 saturated carbocycles. The van der Waals surface area contributed by atoms with Gasteiger partial charge in [0.1, 0.15) is 0 Å². The highest BCUT2D eigenvalue weighted by molar-refractivity contribution is 5.85. The molecule has 1 heterocycles. The maximum Gasteiger partial charge on any atom is 0.247 e. The van der Waals surface area contributed by atoms with E-state index in [0.29, 0.717) is 18.3 Å². The van der Waals surface area contributed by atoms with Gasteiger partial charge in [0.15, 0.2) is 0 Å². The number of hydrogen-bond acceptors (Lipinski definition) is 4. The minimum atomic E-state index is 0. The van der Waals surface area contributed by atoms with Gasteiger partial charge in [-0.3, -0.25) is 0 Å². The van der Waals surface area contributed by atoms with Crippen LogP contribution in [0.25, 0.3) is 11.5 Å². The van der Waals surface area contributed by atoms with Crippen molar-refractivity contribution in [1.29, 1.82) is 0 Å². The lowest BCUT2D eigenvalue weighted by atomic mass is 10.1. The van der Waals surface area contributed by atoms with E-state index >= 15 is 0 Å². The summed E-state index contributed by atoms with van der Waals surface area (Å²) in [6.07, 6.45) is 0. The van der Waals surface area contributed by atoms with E-state index < -0.39 is 0 Å². The normalized spacial score (nSPS) is 9.73. The minimum absolute atomic E-state index is 0. The van der Waals surface area contributed by atoms with Crippen LogP contribution in [-0.4, -0.2) is 10.2 Å². The third-order valence-corrected chi connectivity index (χ3v) is 1.96. The molecule has 0 bridgehead atoms. The molecule has 2 N–H and O–H groups in total. The number of nitrogens with zero attached hydrogens (tertiary/aromatic N) is 2. The van der Waals surface area contributed by atoms with Gasteiger partial charge in [0.05, 0.1) is 0 Å². The first-order valence-corrected chi connectivity index (χ1v) is 4.39. The van der Waals surface area contributed by atoms with Crippen molar-refractivity contribution < 1.29 is 4.42 Å². The fraction of sp³-hybridized carbons (Fsp3) is 0.200. The molecule has 80 valence electrons. The summed E-state index contributed by atoms with van der Waals surface area (Å²) >= 11 is 0. The van der Waals surface area contributed by atoms with E-state index in [9.17, 15) is 0 Å². The van der Waals surface area contributed by atoms with Crippen molar-refractivity contribution in [3.8, 4) is 11.5 Å². The van der Waals surface area contributed by atoms with Crippen LogP contribution in [0.15, 0.2) is 28.7 Å². The van der Waals surface area contributed by atoms with Crippen molar-refractivity contribution >= 4 is 12.4 Å². The zero-order valence-corrected chi connectivity index (χ0v) is 9.12. The average molecular weight is 226 g/mol. The summed E-state index contributed by atoms with van der Waals surface area (Å²) in [4.78, 5) is 0. The van der Waals surface area contributed by atoms with Crippen LogP contribution in [0.1, 0.15) is 11.5 Å². The number of rotatable bonds is 2. The lowest BCUT2D eigenvalue weighted by molar-refractivity contribution is 0.533. The highest BCUT2D eigenvalue weighted by Crippen LogP contribution is 2.17. The van der Waals surface area contributed by atoms with E-state index in [1.807, 2.05) is 24.3 Å². The molecule has 1 aromatic heterocycles. The van der Waals surface area contributed by atoms with E-state index in [2.05, 4.69) is 10.2 Å².